The largest absolute Gasteiger partial charge is 0.457 e. The van der Waals surface area contributed by atoms with E-state index in [-0.39, 0.29) is 5.57 Å². The summed E-state index contributed by atoms with van der Waals surface area (Å²) in [5.41, 5.74) is 0.595. The van der Waals surface area contributed by atoms with Gasteiger partial charge < -0.3 is 9.73 Å². The molecule has 0 unspecified atom stereocenters. The second-order valence-corrected chi connectivity index (χ2v) is 4.92. The van der Waals surface area contributed by atoms with E-state index in [9.17, 15) is 4.79 Å². The highest BCUT2D eigenvalue weighted by Gasteiger charge is 2.11. The van der Waals surface area contributed by atoms with Crippen molar-refractivity contribution < 1.29 is 9.21 Å². The summed E-state index contributed by atoms with van der Waals surface area (Å²) in [6.07, 6.45) is 1.36. The van der Waals surface area contributed by atoms with Crippen LogP contribution in [0.3, 0.4) is 0 Å². The first-order chi connectivity index (χ1) is 10.0. The predicted molar refractivity (Wildman–Crippen MR) is 81.8 cm³/mol. The fourth-order valence-electron chi connectivity index (χ4n) is 1.69. The summed E-state index contributed by atoms with van der Waals surface area (Å²) in [6.45, 7) is 0. The molecule has 0 atom stereocenters. The number of nitrogens with one attached hydrogen (secondary N) is 1. The lowest BCUT2D eigenvalue weighted by Gasteiger charge is -2.01. The Labute approximate surface area is 131 Å². The SMILES string of the molecule is CNC(=O)C(C#N)=Cc1ccc(-c2cc(Cl)ccc2Cl)o1. The molecule has 1 aromatic heterocycles. The highest BCUT2D eigenvalue weighted by atomic mass is 35.5. The lowest BCUT2D eigenvalue weighted by molar-refractivity contribution is -0.116. The number of halogens is 2. The van der Waals surface area contributed by atoms with E-state index in [4.69, 9.17) is 32.9 Å². The van der Waals surface area contributed by atoms with Crippen molar-refractivity contribution in [3.05, 3.63) is 51.7 Å². The number of benzene rings is 1. The Morgan fingerprint density at radius 1 is 1.33 bits per heavy atom. The van der Waals surface area contributed by atoms with Crippen molar-refractivity contribution in [1.29, 1.82) is 5.26 Å². The number of nitriles is 1. The normalized spacial score (nSPS) is 11.0. The van der Waals surface area contributed by atoms with Crippen LogP contribution in [0.15, 0.2) is 40.3 Å². The molecule has 2 rings (SSSR count). The van der Waals surface area contributed by atoms with Crippen LogP contribution in [0.25, 0.3) is 17.4 Å². The Morgan fingerprint density at radius 2 is 2.10 bits per heavy atom. The Kier molecular flexibility index (Phi) is 4.69. The molecular formula is C15H10Cl2N2O2. The van der Waals surface area contributed by atoms with Gasteiger partial charge in [-0.3, -0.25) is 4.79 Å². The van der Waals surface area contributed by atoms with E-state index in [0.29, 0.717) is 27.1 Å². The van der Waals surface area contributed by atoms with Crippen LogP contribution in [-0.4, -0.2) is 13.0 Å². The second-order valence-electron chi connectivity index (χ2n) is 4.08. The molecule has 1 heterocycles. The summed E-state index contributed by atoms with van der Waals surface area (Å²) >= 11 is 12.0. The number of rotatable bonds is 3. The van der Waals surface area contributed by atoms with Crippen molar-refractivity contribution in [2.75, 3.05) is 7.05 Å². The second kappa shape index (κ2) is 6.49. The summed E-state index contributed by atoms with van der Waals surface area (Å²) in [7, 11) is 1.45. The molecule has 0 saturated carbocycles. The van der Waals surface area contributed by atoms with E-state index in [1.807, 2.05) is 6.07 Å². The van der Waals surface area contributed by atoms with Gasteiger partial charge in [0.2, 0.25) is 0 Å². The minimum Gasteiger partial charge on any atom is -0.457 e. The average Bonchev–Trinajstić information content (AvgIpc) is 2.94. The Bertz CT molecular complexity index is 757. The first-order valence-corrected chi connectivity index (χ1v) is 6.70. The minimum atomic E-state index is -0.476. The Hall–Kier alpha value is -2.22. The zero-order valence-corrected chi connectivity index (χ0v) is 12.5. The van der Waals surface area contributed by atoms with Crippen molar-refractivity contribution in [2.45, 2.75) is 0 Å². The number of carbonyl (C=O) groups is 1. The zero-order valence-electron chi connectivity index (χ0n) is 11.0. The molecule has 0 saturated heterocycles. The van der Waals surface area contributed by atoms with Crippen LogP contribution in [0.2, 0.25) is 10.0 Å². The van der Waals surface area contributed by atoms with Gasteiger partial charge in [-0.15, -0.1) is 0 Å². The van der Waals surface area contributed by atoms with Crippen LogP contribution in [0.1, 0.15) is 5.76 Å². The maximum absolute atomic E-state index is 11.4. The van der Waals surface area contributed by atoms with E-state index in [2.05, 4.69) is 5.32 Å². The molecule has 106 valence electrons. The van der Waals surface area contributed by atoms with Crippen molar-refractivity contribution in [3.63, 3.8) is 0 Å². The minimum absolute atomic E-state index is 0.0457. The van der Waals surface area contributed by atoms with Gasteiger partial charge in [0.25, 0.3) is 5.91 Å². The summed E-state index contributed by atoms with van der Waals surface area (Å²) < 4.78 is 5.58. The third kappa shape index (κ3) is 3.46. The van der Waals surface area contributed by atoms with Crippen LogP contribution >= 0.6 is 23.2 Å². The maximum Gasteiger partial charge on any atom is 0.261 e. The summed E-state index contributed by atoms with van der Waals surface area (Å²) in [4.78, 5) is 11.4. The fourth-order valence-corrected chi connectivity index (χ4v) is 2.07. The molecule has 4 nitrogen and oxygen atoms in total. The molecule has 2 aromatic rings. The number of furan rings is 1. The quantitative estimate of drug-likeness (QED) is 0.688. The van der Waals surface area contributed by atoms with Gasteiger partial charge in [0.15, 0.2) is 0 Å². The molecule has 0 spiro atoms. The monoisotopic (exact) mass is 320 g/mol. The van der Waals surface area contributed by atoms with Gasteiger partial charge in [-0.05, 0) is 30.3 Å². The van der Waals surface area contributed by atoms with Crippen LogP contribution in [0, 0.1) is 11.3 Å². The first-order valence-electron chi connectivity index (χ1n) is 5.94. The summed E-state index contributed by atoms with van der Waals surface area (Å²) in [5, 5.41) is 12.3. The van der Waals surface area contributed by atoms with Crippen molar-refractivity contribution >= 4 is 35.2 Å². The molecule has 1 N–H and O–H groups in total. The molecule has 21 heavy (non-hydrogen) atoms. The maximum atomic E-state index is 11.4. The standard InChI is InChI=1S/C15H10Cl2N2O2/c1-19-15(20)9(8-18)6-11-3-5-14(21-11)12-7-10(16)2-4-13(12)17/h2-7H,1H3,(H,19,20). The molecule has 1 aromatic carbocycles. The van der Waals surface area contributed by atoms with Crippen LogP contribution in [-0.2, 0) is 4.79 Å². The Balaban J connectivity index is 2.39. The number of hydrogen-bond acceptors (Lipinski definition) is 3. The lowest BCUT2D eigenvalue weighted by Crippen LogP contribution is -2.18. The van der Waals surface area contributed by atoms with E-state index in [1.54, 1.807) is 30.3 Å². The van der Waals surface area contributed by atoms with Gasteiger partial charge in [0.05, 0.1) is 5.02 Å². The smallest absolute Gasteiger partial charge is 0.261 e. The number of carbonyl (C=O) groups excluding carboxylic acids is 1. The Morgan fingerprint density at radius 3 is 2.76 bits per heavy atom. The number of likely N-dealkylation sites (N-methyl/N-ethyl adjacent to an activating group) is 1. The summed E-state index contributed by atoms with van der Waals surface area (Å²) in [6, 6.07) is 10.2. The zero-order chi connectivity index (χ0) is 15.4. The van der Waals surface area contributed by atoms with Gasteiger partial charge in [0.1, 0.15) is 23.2 Å². The molecule has 0 radical (unpaired) electrons. The summed E-state index contributed by atoms with van der Waals surface area (Å²) in [5.74, 6) is 0.403. The topological polar surface area (TPSA) is 66.0 Å². The van der Waals surface area contributed by atoms with Gasteiger partial charge in [-0.1, -0.05) is 23.2 Å². The average molecular weight is 321 g/mol. The fraction of sp³-hybridized carbons (Fsp3) is 0.0667. The van der Waals surface area contributed by atoms with Crippen molar-refractivity contribution in [3.8, 4) is 17.4 Å². The third-order valence-electron chi connectivity index (χ3n) is 2.70. The molecule has 0 aliphatic rings. The number of nitrogens with zero attached hydrogens (tertiary/aromatic N) is 1. The molecule has 0 aliphatic heterocycles. The van der Waals surface area contributed by atoms with E-state index in [0.717, 1.165) is 0 Å². The highest BCUT2D eigenvalue weighted by Crippen LogP contribution is 2.32. The number of amides is 1. The molecule has 0 aliphatic carbocycles. The molecule has 0 bridgehead atoms. The van der Waals surface area contributed by atoms with Gasteiger partial charge in [-0.25, -0.2) is 0 Å². The van der Waals surface area contributed by atoms with Crippen LogP contribution in [0.5, 0.6) is 0 Å². The molecule has 0 fully saturated rings. The molecule has 1 amide bonds. The van der Waals surface area contributed by atoms with E-state index < -0.39 is 5.91 Å². The highest BCUT2D eigenvalue weighted by molar-refractivity contribution is 6.35. The van der Waals surface area contributed by atoms with Gasteiger partial charge in [-0.2, -0.15) is 5.26 Å². The molecular weight excluding hydrogens is 311 g/mol. The van der Waals surface area contributed by atoms with E-state index >= 15 is 0 Å². The van der Waals surface area contributed by atoms with Gasteiger partial charge >= 0.3 is 0 Å². The molecule has 6 heteroatoms. The first kappa shape index (κ1) is 15.2. The van der Waals surface area contributed by atoms with Crippen molar-refractivity contribution in [1.82, 2.24) is 5.32 Å². The van der Waals surface area contributed by atoms with Crippen molar-refractivity contribution in [2.24, 2.45) is 0 Å². The van der Waals surface area contributed by atoms with Gasteiger partial charge in [0, 0.05) is 23.7 Å². The third-order valence-corrected chi connectivity index (χ3v) is 3.26. The number of hydrogen-bond donors (Lipinski definition) is 1. The van der Waals surface area contributed by atoms with Crippen LogP contribution in [0.4, 0.5) is 0 Å². The van der Waals surface area contributed by atoms with Crippen LogP contribution < -0.4 is 5.32 Å². The van der Waals surface area contributed by atoms with E-state index in [1.165, 1.54) is 13.1 Å². The lowest BCUT2D eigenvalue weighted by atomic mass is 10.2. The predicted octanol–water partition coefficient (Wildman–Crippen LogP) is 3.91.